The molecule has 48 heavy (non-hydrogen) atoms. The van der Waals surface area contributed by atoms with E-state index >= 15 is 0 Å². The molecular formula is C33H55NaO13S. The van der Waals surface area contributed by atoms with Crippen LogP contribution in [0.2, 0.25) is 0 Å². The molecule has 0 aromatic carbocycles. The summed E-state index contributed by atoms with van der Waals surface area (Å²) in [5.41, 5.74) is -1.91. The molecule has 0 aromatic heterocycles. The summed E-state index contributed by atoms with van der Waals surface area (Å²) < 4.78 is 50.9. The second-order valence-corrected chi connectivity index (χ2v) is 17.6. The normalized spacial score (nSPS) is 47.3. The molecule has 4 saturated carbocycles. The Bertz CT molecular complexity index is 1250. The van der Waals surface area contributed by atoms with Crippen LogP contribution in [0.1, 0.15) is 98.8 Å². The quantitative estimate of drug-likeness (QED) is 0.0815. The van der Waals surface area contributed by atoms with E-state index in [1.165, 1.54) is 0 Å². The fraction of sp³-hybridized carbons (Fsp3) is 0.970. The van der Waals surface area contributed by atoms with Gasteiger partial charge in [-0.2, -0.15) is 8.42 Å². The number of aliphatic hydroxyl groups is 5. The van der Waals surface area contributed by atoms with E-state index < -0.39 is 82.3 Å². The van der Waals surface area contributed by atoms with Crippen molar-refractivity contribution in [2.45, 2.75) is 153 Å². The van der Waals surface area contributed by atoms with Crippen LogP contribution < -0.4 is 34.7 Å². The summed E-state index contributed by atoms with van der Waals surface area (Å²) in [6, 6.07) is 0. The molecule has 13 nitrogen and oxygen atoms in total. The van der Waals surface area contributed by atoms with Crippen LogP contribution in [0.3, 0.4) is 0 Å². The number of ether oxygens (including phenoxy) is 2. The van der Waals surface area contributed by atoms with E-state index in [1.54, 1.807) is 0 Å². The third-order valence-corrected chi connectivity index (χ3v) is 13.6. The van der Waals surface area contributed by atoms with Gasteiger partial charge in [-0.1, -0.05) is 40.5 Å². The monoisotopic (exact) mass is 714 g/mol. The van der Waals surface area contributed by atoms with Crippen molar-refractivity contribution in [3.05, 3.63) is 0 Å². The fourth-order valence-corrected chi connectivity index (χ4v) is 11.7. The molecule has 5 aliphatic rings. The number of carboxylic acids is 1. The first-order valence-corrected chi connectivity index (χ1v) is 18.7. The average Bonchev–Trinajstić information content (AvgIpc) is 3.23. The Morgan fingerprint density at radius 1 is 0.979 bits per heavy atom. The third kappa shape index (κ3) is 7.72. The molecule has 0 bridgehead atoms. The van der Waals surface area contributed by atoms with Gasteiger partial charge in [-0.15, -0.1) is 0 Å². The minimum Gasteiger partial charge on any atom is -0.547 e. The first kappa shape index (κ1) is 40.8. The fourth-order valence-electron chi connectivity index (χ4n) is 11.1. The number of hydrogen-bond acceptors (Lipinski definition) is 12. The predicted molar refractivity (Wildman–Crippen MR) is 164 cm³/mol. The van der Waals surface area contributed by atoms with Gasteiger partial charge in [-0.25, -0.2) is 4.18 Å². The van der Waals surface area contributed by atoms with E-state index in [0.29, 0.717) is 38.0 Å². The molecule has 1 saturated heterocycles. The Labute approximate surface area is 306 Å². The van der Waals surface area contributed by atoms with Gasteiger partial charge in [0.15, 0.2) is 6.29 Å². The van der Waals surface area contributed by atoms with Gasteiger partial charge in [-0.05, 0) is 98.7 Å². The summed E-state index contributed by atoms with van der Waals surface area (Å²) in [5, 5.41) is 65.6. The third-order valence-electron chi connectivity index (χ3n) is 13.1. The molecule has 0 radical (unpaired) electrons. The van der Waals surface area contributed by atoms with Crippen LogP contribution in [0.5, 0.6) is 0 Å². The van der Waals surface area contributed by atoms with Crippen molar-refractivity contribution in [1.82, 2.24) is 0 Å². The standard InChI is InChI=1S/C33H56O13S.Na/c1-16(2)7-6-10-33(5,40)28-22(34)15-20-18-14-23(46-47(41,42)43)21-13-17(8-11-31(21,3)19(18)9-12-32(20,28)4)44-30-26(37)24(35)25(36)27(45-30)29(38)39;/h16-28,30,34-37,40H,6-15H2,1-5H3,(H,38,39)(H,41,42,43);/q;+1/p-1/t17-,18+,19-,20-,21+,22-,23-,24-,25-,26+,27-,28-,30+,31+,32-,33-;/m0./s1. The van der Waals surface area contributed by atoms with Crippen molar-refractivity contribution in [3.63, 3.8) is 0 Å². The molecule has 272 valence electrons. The van der Waals surface area contributed by atoms with Crippen molar-refractivity contribution in [3.8, 4) is 0 Å². The molecule has 0 unspecified atom stereocenters. The number of hydrogen-bond donors (Lipinski definition) is 6. The second-order valence-electron chi connectivity index (χ2n) is 16.5. The topological polar surface area (TPSA) is 223 Å². The van der Waals surface area contributed by atoms with Gasteiger partial charge in [0.25, 0.3) is 0 Å². The SMILES string of the molecule is CC(C)CCC[C@](C)(O)[C@H]1[C@@H](O)C[C@H]2[C@@H]3C[C@H](OS(=O)(=O)O)[C@H]4C[C@@H](O[C@@H]5O[C@H](C(=O)[O-])[C@@H](O)[C@H](O)[C@H]5O)CC[C@]4(C)[C@H]3CC[C@@]21C.[Na+]. The van der Waals surface area contributed by atoms with E-state index in [0.717, 1.165) is 25.7 Å². The summed E-state index contributed by atoms with van der Waals surface area (Å²) in [7, 11) is -4.85. The van der Waals surface area contributed by atoms with Gasteiger partial charge >= 0.3 is 40.0 Å². The van der Waals surface area contributed by atoms with Crippen LogP contribution in [-0.2, 0) is 28.9 Å². The smallest absolute Gasteiger partial charge is 0.547 e. The number of carboxylic acid groups (broad SMARTS) is 1. The Kier molecular flexibility index (Phi) is 12.6. The van der Waals surface area contributed by atoms with E-state index in [4.69, 9.17) is 13.7 Å². The van der Waals surface area contributed by atoms with E-state index in [1.807, 2.05) is 6.92 Å². The summed E-state index contributed by atoms with van der Waals surface area (Å²) in [5.74, 6) is -1.92. The zero-order chi connectivity index (χ0) is 34.9. The van der Waals surface area contributed by atoms with Crippen molar-refractivity contribution in [2.75, 3.05) is 0 Å². The minimum atomic E-state index is -4.85. The van der Waals surface area contributed by atoms with E-state index in [9.17, 15) is 48.4 Å². The van der Waals surface area contributed by atoms with Crippen LogP contribution in [0.15, 0.2) is 0 Å². The molecule has 16 atom stereocenters. The molecule has 1 heterocycles. The summed E-state index contributed by atoms with van der Waals surface area (Å²) >= 11 is 0. The first-order chi connectivity index (χ1) is 21.7. The zero-order valence-corrected chi connectivity index (χ0v) is 31.9. The van der Waals surface area contributed by atoms with Crippen LogP contribution in [-0.4, -0.2) is 99.1 Å². The van der Waals surface area contributed by atoms with Crippen molar-refractivity contribution >= 4 is 16.4 Å². The van der Waals surface area contributed by atoms with Gasteiger partial charge in [0, 0.05) is 5.92 Å². The number of aliphatic hydroxyl groups excluding tert-OH is 4. The molecule has 0 amide bonds. The first-order valence-electron chi connectivity index (χ1n) is 17.3. The van der Waals surface area contributed by atoms with E-state index in [2.05, 4.69) is 27.7 Å². The number of carbonyl (C=O) groups excluding carboxylic acids is 1. The van der Waals surface area contributed by atoms with Crippen LogP contribution in [0.4, 0.5) is 0 Å². The maximum absolute atomic E-state index is 12.2. The summed E-state index contributed by atoms with van der Waals surface area (Å²) in [6.45, 7) is 10.4. The molecule has 15 heteroatoms. The van der Waals surface area contributed by atoms with Crippen molar-refractivity contribution in [1.29, 1.82) is 0 Å². The molecule has 6 N–H and O–H groups in total. The zero-order valence-electron chi connectivity index (χ0n) is 29.1. The largest absolute Gasteiger partial charge is 1.00 e. The molecule has 4 aliphatic carbocycles. The Hall–Kier alpha value is 0.0600. The second kappa shape index (κ2) is 14.8. The Morgan fingerprint density at radius 3 is 2.23 bits per heavy atom. The number of fused-ring (bicyclic) bond motifs is 5. The Morgan fingerprint density at radius 2 is 1.62 bits per heavy atom. The van der Waals surface area contributed by atoms with Crippen LogP contribution >= 0.6 is 0 Å². The number of carbonyl (C=O) groups is 1. The number of rotatable bonds is 10. The van der Waals surface area contributed by atoms with E-state index in [-0.39, 0.29) is 65.1 Å². The molecule has 0 aromatic rings. The van der Waals surface area contributed by atoms with Gasteiger partial charge in [0.1, 0.15) is 24.4 Å². The molecule has 5 fully saturated rings. The van der Waals surface area contributed by atoms with Crippen molar-refractivity contribution < 1.29 is 91.6 Å². The van der Waals surface area contributed by atoms with Crippen LogP contribution in [0.25, 0.3) is 0 Å². The maximum atomic E-state index is 12.2. The van der Waals surface area contributed by atoms with Gasteiger partial charge in [0.2, 0.25) is 0 Å². The average molecular weight is 715 g/mol. The van der Waals surface area contributed by atoms with Gasteiger partial charge in [-0.3, -0.25) is 4.55 Å². The molecule has 1 aliphatic heterocycles. The van der Waals surface area contributed by atoms with Gasteiger partial charge < -0.3 is 44.9 Å². The van der Waals surface area contributed by atoms with Gasteiger partial charge in [0.05, 0.1) is 29.9 Å². The van der Waals surface area contributed by atoms with Crippen LogP contribution in [0, 0.1) is 46.3 Å². The van der Waals surface area contributed by atoms with Crippen molar-refractivity contribution in [2.24, 2.45) is 46.3 Å². The predicted octanol–water partition coefficient (Wildman–Crippen LogP) is -2.06. The molecule has 0 spiro atoms. The summed E-state index contributed by atoms with van der Waals surface area (Å²) in [4.78, 5) is 11.5. The maximum Gasteiger partial charge on any atom is 1.00 e. The Balaban J connectivity index is 0.00000520. The molecular weight excluding hydrogens is 659 g/mol. The minimum absolute atomic E-state index is 0. The number of aliphatic carboxylic acids is 1. The molecule has 5 rings (SSSR count). The summed E-state index contributed by atoms with van der Waals surface area (Å²) in [6.07, 6.45) is -5.21.